The van der Waals surface area contributed by atoms with E-state index in [-0.39, 0.29) is 5.56 Å². The van der Waals surface area contributed by atoms with Gasteiger partial charge in [-0.15, -0.1) is 0 Å². The zero-order valence-electron chi connectivity index (χ0n) is 8.74. The molecule has 2 N–H and O–H groups in total. The minimum Gasteiger partial charge on any atom is -0.364 e. The zero-order valence-corrected chi connectivity index (χ0v) is 8.74. The lowest BCUT2D eigenvalue weighted by Gasteiger charge is -2.10. The summed E-state index contributed by atoms with van der Waals surface area (Å²) >= 11 is 0. The van der Waals surface area contributed by atoms with Gasteiger partial charge in [-0.2, -0.15) is 0 Å². The maximum absolute atomic E-state index is 13.6. The molecule has 0 spiro atoms. The smallest absolute Gasteiger partial charge is 0.181 e. The summed E-state index contributed by atoms with van der Waals surface area (Å²) in [5, 5.41) is 17.6. The molecule has 1 aromatic rings. The molecule has 16 heavy (non-hydrogen) atoms. The van der Waals surface area contributed by atoms with E-state index in [4.69, 9.17) is 10.2 Å². The summed E-state index contributed by atoms with van der Waals surface area (Å²) in [6, 6.07) is 2.41. The molecule has 0 radical (unpaired) electrons. The molecule has 0 fully saturated rings. The largest absolute Gasteiger partial charge is 0.364 e. The Hall–Kier alpha value is -1.52. The number of aliphatic hydroxyl groups excluding tert-OH is 1. The molecule has 0 unspecified atom stereocenters. The third-order valence-electron chi connectivity index (χ3n) is 2.23. The Morgan fingerprint density at radius 3 is 2.38 bits per heavy atom. The Labute approximate surface area is 92.2 Å². The van der Waals surface area contributed by atoms with E-state index in [0.29, 0.717) is 5.57 Å². The van der Waals surface area contributed by atoms with Crippen molar-refractivity contribution in [1.29, 1.82) is 0 Å². The van der Waals surface area contributed by atoms with E-state index in [9.17, 15) is 8.78 Å². The van der Waals surface area contributed by atoms with Crippen LogP contribution in [-0.4, -0.2) is 10.2 Å². The minimum absolute atomic E-state index is 0.0411. The van der Waals surface area contributed by atoms with Gasteiger partial charge in [0.2, 0.25) is 0 Å². The summed E-state index contributed by atoms with van der Waals surface area (Å²) < 4.78 is 27.0. The average Bonchev–Trinajstić information content (AvgIpc) is 2.25. The van der Waals surface area contributed by atoms with Crippen molar-refractivity contribution in [3.05, 3.63) is 53.6 Å². The molecular weight excluding hydrogens is 214 g/mol. The van der Waals surface area contributed by atoms with Gasteiger partial charge in [0.25, 0.3) is 0 Å². The van der Waals surface area contributed by atoms with Crippen LogP contribution in [0.3, 0.4) is 0 Å². The predicted octanol–water partition coefficient (Wildman–Crippen LogP) is 2.54. The van der Waals surface area contributed by atoms with Crippen molar-refractivity contribution in [1.82, 2.24) is 0 Å². The summed E-state index contributed by atoms with van der Waals surface area (Å²) in [6.07, 6.45) is 0.952. The van der Waals surface area contributed by atoms with Crippen LogP contribution in [0, 0.1) is 11.6 Å². The van der Waals surface area contributed by atoms with Gasteiger partial charge < -0.3 is 10.2 Å². The SMILES string of the molecule is C=C/C(=C\C)c1ccc(C(O)O)c(F)c1F. The summed E-state index contributed by atoms with van der Waals surface area (Å²) in [7, 11) is 0. The van der Waals surface area contributed by atoms with E-state index < -0.39 is 23.5 Å². The van der Waals surface area contributed by atoms with Crippen molar-refractivity contribution in [2.45, 2.75) is 13.2 Å². The summed E-state index contributed by atoms with van der Waals surface area (Å²) in [5.74, 6) is -2.37. The Morgan fingerprint density at radius 2 is 1.94 bits per heavy atom. The monoisotopic (exact) mass is 226 g/mol. The van der Waals surface area contributed by atoms with E-state index in [1.54, 1.807) is 13.0 Å². The Bertz CT molecular complexity index is 437. The van der Waals surface area contributed by atoms with Gasteiger partial charge in [-0.1, -0.05) is 30.9 Å². The molecule has 1 rings (SSSR count). The lowest BCUT2D eigenvalue weighted by atomic mass is 10.0. The van der Waals surface area contributed by atoms with Crippen LogP contribution in [0.1, 0.15) is 24.3 Å². The van der Waals surface area contributed by atoms with Crippen LogP contribution in [0.15, 0.2) is 30.9 Å². The number of aliphatic hydroxyl groups is 2. The number of hydrogen-bond donors (Lipinski definition) is 2. The maximum atomic E-state index is 13.6. The molecule has 0 bridgehead atoms. The van der Waals surface area contributed by atoms with Crippen molar-refractivity contribution < 1.29 is 19.0 Å². The number of halogens is 2. The molecular formula is C12H12F2O2. The van der Waals surface area contributed by atoms with Crippen molar-refractivity contribution in [3.8, 4) is 0 Å². The van der Waals surface area contributed by atoms with Crippen molar-refractivity contribution in [2.75, 3.05) is 0 Å². The lowest BCUT2D eigenvalue weighted by molar-refractivity contribution is -0.0453. The van der Waals surface area contributed by atoms with Crippen molar-refractivity contribution in [3.63, 3.8) is 0 Å². The van der Waals surface area contributed by atoms with Gasteiger partial charge in [0, 0.05) is 11.1 Å². The highest BCUT2D eigenvalue weighted by Gasteiger charge is 2.17. The number of benzene rings is 1. The quantitative estimate of drug-likeness (QED) is 0.614. The minimum atomic E-state index is -2.03. The predicted molar refractivity (Wildman–Crippen MR) is 57.4 cm³/mol. The zero-order chi connectivity index (χ0) is 12.3. The maximum Gasteiger partial charge on any atom is 0.181 e. The van der Waals surface area contributed by atoms with Crippen LogP contribution >= 0.6 is 0 Å². The van der Waals surface area contributed by atoms with Crippen LogP contribution in [0.5, 0.6) is 0 Å². The summed E-state index contributed by atoms with van der Waals surface area (Å²) in [5.41, 5.74) is -0.00413. The van der Waals surface area contributed by atoms with Crippen molar-refractivity contribution >= 4 is 5.57 Å². The lowest BCUT2D eigenvalue weighted by Crippen LogP contribution is -2.03. The topological polar surface area (TPSA) is 40.5 Å². The molecule has 4 heteroatoms. The van der Waals surface area contributed by atoms with Crippen molar-refractivity contribution in [2.24, 2.45) is 0 Å². The first-order chi connectivity index (χ1) is 7.52. The van der Waals surface area contributed by atoms with Gasteiger partial charge in [0.05, 0.1) is 0 Å². The average molecular weight is 226 g/mol. The van der Waals surface area contributed by atoms with Crippen LogP contribution in [0.4, 0.5) is 8.78 Å². The second-order valence-corrected chi connectivity index (χ2v) is 3.15. The van der Waals surface area contributed by atoms with E-state index in [0.717, 1.165) is 6.07 Å². The number of rotatable bonds is 3. The molecule has 0 aliphatic carbocycles. The first kappa shape index (κ1) is 12.5. The molecule has 1 aromatic carbocycles. The second-order valence-electron chi connectivity index (χ2n) is 3.15. The number of hydrogen-bond acceptors (Lipinski definition) is 2. The van der Waals surface area contributed by atoms with E-state index in [1.165, 1.54) is 12.1 Å². The first-order valence-electron chi connectivity index (χ1n) is 4.66. The van der Waals surface area contributed by atoms with Gasteiger partial charge in [-0.25, -0.2) is 8.78 Å². The molecule has 2 nitrogen and oxygen atoms in total. The highest BCUT2D eigenvalue weighted by molar-refractivity contribution is 5.73. The van der Waals surface area contributed by atoms with Gasteiger partial charge in [-0.05, 0) is 12.5 Å². The molecule has 0 aliphatic heterocycles. The van der Waals surface area contributed by atoms with E-state index in [1.807, 2.05) is 0 Å². The molecule has 0 saturated carbocycles. The molecule has 0 aromatic heterocycles. The summed E-state index contributed by atoms with van der Waals surface area (Å²) in [6.45, 7) is 5.15. The Kier molecular flexibility index (Phi) is 3.93. The van der Waals surface area contributed by atoms with Crippen LogP contribution in [-0.2, 0) is 0 Å². The highest BCUT2D eigenvalue weighted by atomic mass is 19.2. The van der Waals surface area contributed by atoms with E-state index in [2.05, 4.69) is 6.58 Å². The molecule has 0 aliphatic rings. The van der Waals surface area contributed by atoms with Gasteiger partial charge in [-0.3, -0.25) is 0 Å². The normalized spacial score (nSPS) is 12.0. The van der Waals surface area contributed by atoms with E-state index >= 15 is 0 Å². The molecule has 0 amide bonds. The van der Waals surface area contributed by atoms with Crippen LogP contribution in [0.2, 0.25) is 0 Å². The van der Waals surface area contributed by atoms with Gasteiger partial charge >= 0.3 is 0 Å². The van der Waals surface area contributed by atoms with Crippen LogP contribution < -0.4 is 0 Å². The van der Waals surface area contributed by atoms with Gasteiger partial charge in [0.1, 0.15) is 0 Å². The Morgan fingerprint density at radius 1 is 1.31 bits per heavy atom. The summed E-state index contributed by atoms with van der Waals surface area (Å²) in [4.78, 5) is 0. The number of allylic oxidation sites excluding steroid dienone is 3. The third kappa shape index (κ3) is 2.18. The third-order valence-corrected chi connectivity index (χ3v) is 2.23. The molecule has 0 saturated heterocycles. The van der Waals surface area contributed by atoms with Gasteiger partial charge in [0.15, 0.2) is 17.9 Å². The fraction of sp³-hybridized carbons (Fsp3) is 0.167. The molecule has 0 atom stereocenters. The molecule has 0 heterocycles. The fourth-order valence-electron chi connectivity index (χ4n) is 1.37. The fourth-order valence-corrected chi connectivity index (χ4v) is 1.37. The first-order valence-corrected chi connectivity index (χ1v) is 4.66. The van der Waals surface area contributed by atoms with Crippen LogP contribution in [0.25, 0.3) is 5.57 Å². The second kappa shape index (κ2) is 5.01. The standard InChI is InChI=1S/C12H12F2O2/c1-3-7(4-2)8-5-6-9(12(15)16)11(14)10(8)13/h3-6,12,15-16H,1H2,2H3/b7-4+. The molecule has 86 valence electrons. The highest BCUT2D eigenvalue weighted by Crippen LogP contribution is 2.25. The Balaban J connectivity index is 3.38.